The number of carbonyl (C=O) groups excluding carboxylic acids is 2. The van der Waals surface area contributed by atoms with Gasteiger partial charge in [-0.3, -0.25) is 4.79 Å². The smallest absolute Gasteiger partial charge is 0.410 e. The number of pyridine rings is 1. The number of esters is 1. The lowest BCUT2D eigenvalue weighted by molar-refractivity contribution is -0.155. The van der Waals surface area contributed by atoms with Crippen LogP contribution in [0.5, 0.6) is 5.88 Å². The van der Waals surface area contributed by atoms with Crippen molar-refractivity contribution in [1.82, 2.24) is 9.88 Å². The first-order valence-electron chi connectivity index (χ1n) is 16.0. The summed E-state index contributed by atoms with van der Waals surface area (Å²) in [6.07, 6.45) is 5.95. The first-order valence-corrected chi connectivity index (χ1v) is 16.0. The van der Waals surface area contributed by atoms with Crippen LogP contribution >= 0.6 is 0 Å². The maximum absolute atomic E-state index is 13.1. The third-order valence-corrected chi connectivity index (χ3v) is 7.45. The van der Waals surface area contributed by atoms with Crippen LogP contribution in [0.25, 0.3) is 0 Å². The fraction of sp³-hybridized carbons (Fsp3) is 0.788. The summed E-state index contributed by atoms with van der Waals surface area (Å²) >= 11 is 0. The Morgan fingerprint density at radius 2 is 1.67 bits per heavy atom. The van der Waals surface area contributed by atoms with Gasteiger partial charge in [-0.2, -0.15) is 0 Å². The fourth-order valence-corrected chi connectivity index (χ4v) is 5.46. The number of hydrogen-bond donors (Lipinski definition) is 0. The zero-order valence-corrected chi connectivity index (χ0v) is 27.4. The van der Waals surface area contributed by atoms with E-state index >= 15 is 0 Å². The van der Waals surface area contributed by atoms with Crippen molar-refractivity contribution in [2.75, 3.05) is 33.2 Å². The van der Waals surface area contributed by atoms with Gasteiger partial charge in [-0.15, -0.1) is 0 Å². The number of nitrogens with zero attached hydrogens (tertiary/aromatic N) is 2. The Labute approximate surface area is 258 Å². The zero-order chi connectivity index (χ0) is 31.5. The van der Waals surface area contributed by atoms with Crippen LogP contribution in [0.2, 0.25) is 0 Å². The zero-order valence-electron chi connectivity index (χ0n) is 27.4. The van der Waals surface area contributed by atoms with Gasteiger partial charge in [0.05, 0.1) is 31.5 Å². The molecule has 1 saturated heterocycles. The summed E-state index contributed by atoms with van der Waals surface area (Å²) in [5.41, 5.74) is -0.0265. The molecule has 1 saturated carbocycles. The highest BCUT2D eigenvalue weighted by Gasteiger charge is 2.38. The molecule has 43 heavy (non-hydrogen) atoms. The van der Waals surface area contributed by atoms with E-state index in [2.05, 4.69) is 6.07 Å². The highest BCUT2D eigenvalue weighted by atomic mass is 16.7. The van der Waals surface area contributed by atoms with E-state index in [1.54, 1.807) is 4.90 Å². The van der Waals surface area contributed by atoms with Crippen LogP contribution in [0.4, 0.5) is 4.79 Å². The van der Waals surface area contributed by atoms with Crippen molar-refractivity contribution < 1.29 is 38.0 Å². The van der Waals surface area contributed by atoms with Gasteiger partial charge in [0.15, 0.2) is 0 Å². The SMILES string of the molecule is CCOCOC1CCCN(C(=O)OC(C)(C)C)C1COC1CCC(c2cccc(OCCCC(=O)OC(C)(C)C)n2)CC1. The quantitative estimate of drug-likeness (QED) is 0.143. The minimum absolute atomic E-state index is 0.110. The van der Waals surface area contributed by atoms with Crippen molar-refractivity contribution in [3.8, 4) is 5.88 Å². The van der Waals surface area contributed by atoms with E-state index in [-0.39, 0.29) is 37.1 Å². The minimum Gasteiger partial charge on any atom is -0.478 e. The van der Waals surface area contributed by atoms with Crippen molar-refractivity contribution in [3.05, 3.63) is 23.9 Å². The molecule has 0 bridgehead atoms. The normalized spacial score (nSPS) is 23.1. The second-order valence-corrected chi connectivity index (χ2v) is 13.4. The lowest BCUT2D eigenvalue weighted by atomic mass is 9.85. The second kappa shape index (κ2) is 16.6. The Morgan fingerprint density at radius 1 is 0.953 bits per heavy atom. The monoisotopic (exact) mass is 606 g/mol. The van der Waals surface area contributed by atoms with E-state index in [0.29, 0.717) is 51.0 Å². The Bertz CT molecular complexity index is 997. The summed E-state index contributed by atoms with van der Waals surface area (Å²) in [5.74, 6) is 0.699. The molecule has 1 amide bonds. The van der Waals surface area contributed by atoms with Gasteiger partial charge in [-0.05, 0) is 99.5 Å². The molecule has 3 rings (SSSR count). The van der Waals surface area contributed by atoms with Crippen LogP contribution in [-0.4, -0.2) is 84.6 Å². The Morgan fingerprint density at radius 3 is 2.35 bits per heavy atom. The highest BCUT2D eigenvalue weighted by Crippen LogP contribution is 2.34. The molecule has 1 aromatic heterocycles. The summed E-state index contributed by atoms with van der Waals surface area (Å²) < 4.78 is 34.8. The van der Waals surface area contributed by atoms with E-state index < -0.39 is 11.2 Å². The first-order chi connectivity index (χ1) is 20.3. The predicted octanol–water partition coefficient (Wildman–Crippen LogP) is 6.40. The number of amides is 1. The van der Waals surface area contributed by atoms with E-state index in [0.717, 1.165) is 44.2 Å². The largest absolute Gasteiger partial charge is 0.478 e. The van der Waals surface area contributed by atoms with Gasteiger partial charge in [-0.1, -0.05) is 6.07 Å². The number of likely N-dealkylation sites (tertiary alicyclic amines) is 1. The van der Waals surface area contributed by atoms with Crippen LogP contribution < -0.4 is 4.74 Å². The maximum atomic E-state index is 13.1. The molecule has 1 aliphatic heterocycles. The van der Waals surface area contributed by atoms with Crippen molar-refractivity contribution in [3.63, 3.8) is 0 Å². The van der Waals surface area contributed by atoms with Gasteiger partial charge in [0.2, 0.25) is 5.88 Å². The van der Waals surface area contributed by atoms with E-state index in [9.17, 15) is 9.59 Å². The summed E-state index contributed by atoms with van der Waals surface area (Å²) in [6.45, 7) is 15.4. The molecule has 10 nitrogen and oxygen atoms in total. The molecule has 2 heterocycles. The average Bonchev–Trinajstić information content (AvgIpc) is 2.93. The summed E-state index contributed by atoms with van der Waals surface area (Å²) in [5, 5.41) is 0. The molecule has 2 atom stereocenters. The lowest BCUT2D eigenvalue weighted by Gasteiger charge is -2.42. The van der Waals surface area contributed by atoms with Gasteiger partial charge < -0.3 is 33.3 Å². The van der Waals surface area contributed by atoms with Crippen LogP contribution in [0.15, 0.2) is 18.2 Å². The van der Waals surface area contributed by atoms with E-state index in [4.69, 9.17) is 33.4 Å². The van der Waals surface area contributed by atoms with Crippen molar-refractivity contribution in [2.24, 2.45) is 0 Å². The molecule has 0 aromatic carbocycles. The minimum atomic E-state index is -0.573. The Kier molecular flexibility index (Phi) is 13.5. The predicted molar refractivity (Wildman–Crippen MR) is 163 cm³/mol. The molecule has 1 aromatic rings. The molecule has 10 heteroatoms. The van der Waals surface area contributed by atoms with Crippen molar-refractivity contribution in [1.29, 1.82) is 0 Å². The number of hydrogen-bond acceptors (Lipinski definition) is 9. The van der Waals surface area contributed by atoms with Crippen LogP contribution in [0.3, 0.4) is 0 Å². The molecule has 2 unspecified atom stereocenters. The molecule has 1 aliphatic carbocycles. The maximum Gasteiger partial charge on any atom is 0.410 e. The number of piperidine rings is 1. The molecular formula is C33H54N2O8. The van der Waals surface area contributed by atoms with Crippen molar-refractivity contribution in [2.45, 2.75) is 135 Å². The van der Waals surface area contributed by atoms with Gasteiger partial charge in [0, 0.05) is 37.3 Å². The molecule has 244 valence electrons. The number of rotatable bonds is 13. The van der Waals surface area contributed by atoms with Crippen molar-refractivity contribution >= 4 is 12.1 Å². The average molecular weight is 607 g/mol. The van der Waals surface area contributed by atoms with Crippen LogP contribution in [0, 0.1) is 0 Å². The van der Waals surface area contributed by atoms with Gasteiger partial charge in [0.25, 0.3) is 0 Å². The van der Waals surface area contributed by atoms with Crippen LogP contribution in [-0.2, 0) is 28.5 Å². The fourth-order valence-electron chi connectivity index (χ4n) is 5.46. The number of aromatic nitrogens is 1. The highest BCUT2D eigenvalue weighted by molar-refractivity contribution is 5.69. The molecule has 2 aliphatic rings. The number of carbonyl (C=O) groups is 2. The topological polar surface area (TPSA) is 106 Å². The van der Waals surface area contributed by atoms with Gasteiger partial charge in [-0.25, -0.2) is 9.78 Å². The standard InChI is InChI=1S/C33H54N2O8/c1-8-38-23-41-28-13-10-20-35(31(37)43-33(5,6)7)27(28)22-40-25-18-16-24(17-19-25)26-12-9-14-29(34-26)39-21-11-15-30(36)42-32(2,3)4/h9,12,14,24-25,27-28H,8,10-11,13,15-23H2,1-7H3. The number of ether oxygens (including phenoxy) is 6. The molecule has 2 fully saturated rings. The molecular weight excluding hydrogens is 552 g/mol. The third-order valence-electron chi connectivity index (χ3n) is 7.45. The first kappa shape index (κ1) is 35.1. The molecule has 0 spiro atoms. The molecule has 0 radical (unpaired) electrons. The third kappa shape index (κ3) is 12.6. The summed E-state index contributed by atoms with van der Waals surface area (Å²) in [6, 6.07) is 5.66. The van der Waals surface area contributed by atoms with E-state index in [1.165, 1.54) is 0 Å². The summed E-state index contributed by atoms with van der Waals surface area (Å²) in [4.78, 5) is 31.5. The lowest BCUT2D eigenvalue weighted by Crippen LogP contribution is -2.55. The van der Waals surface area contributed by atoms with Crippen LogP contribution in [0.1, 0.15) is 111 Å². The molecule has 0 N–H and O–H groups in total. The van der Waals surface area contributed by atoms with Gasteiger partial charge >= 0.3 is 12.1 Å². The second-order valence-electron chi connectivity index (χ2n) is 13.4. The summed E-state index contributed by atoms with van der Waals surface area (Å²) in [7, 11) is 0. The Balaban J connectivity index is 1.49. The Hall–Kier alpha value is -2.43. The van der Waals surface area contributed by atoms with E-state index in [1.807, 2.05) is 60.6 Å². The van der Waals surface area contributed by atoms with Gasteiger partial charge in [0.1, 0.15) is 18.0 Å².